The van der Waals surface area contributed by atoms with Gasteiger partial charge in [0.25, 0.3) is 0 Å². The number of allylic oxidation sites excluding steroid dienone is 1. The molecule has 1 fully saturated rings. The molecule has 1 aliphatic carbocycles. The number of carbonyl (C=O) groups excluding carboxylic acids is 1. The van der Waals surface area contributed by atoms with Gasteiger partial charge in [0, 0.05) is 0 Å². The molecule has 0 N–H and O–H groups in total. The summed E-state index contributed by atoms with van der Waals surface area (Å²) in [5.74, 6) is 1.11. The van der Waals surface area contributed by atoms with Gasteiger partial charge in [-0.3, -0.25) is 4.79 Å². The van der Waals surface area contributed by atoms with Crippen molar-refractivity contribution >= 4 is 18.1 Å². The van der Waals surface area contributed by atoms with E-state index in [4.69, 9.17) is 4.74 Å². The van der Waals surface area contributed by atoms with Crippen molar-refractivity contribution in [3.63, 3.8) is 0 Å². The largest absolute Gasteiger partial charge is 0.426 e. The van der Waals surface area contributed by atoms with Crippen LogP contribution in [0.3, 0.4) is 0 Å². The fourth-order valence-electron chi connectivity index (χ4n) is 2.98. The average molecular weight is 387 g/mol. The highest BCUT2D eigenvalue weighted by atomic mass is 16.5. The maximum absolute atomic E-state index is 12.3. The van der Waals surface area contributed by atoms with Crippen LogP contribution >= 0.6 is 0 Å². The summed E-state index contributed by atoms with van der Waals surface area (Å²) in [6, 6.07) is 6.10. The molecular weight excluding hydrogens is 344 g/mol. The Morgan fingerprint density at radius 3 is 2.11 bits per heavy atom. The van der Waals surface area contributed by atoms with Crippen LogP contribution in [0.15, 0.2) is 43.2 Å². The molecule has 0 spiro atoms. The van der Waals surface area contributed by atoms with Crippen LogP contribution in [0.2, 0.25) is 0 Å². The zero-order valence-corrected chi connectivity index (χ0v) is 18.2. The van der Waals surface area contributed by atoms with E-state index in [1.807, 2.05) is 58.9 Å². The van der Waals surface area contributed by atoms with Crippen LogP contribution in [-0.4, -0.2) is 5.97 Å². The van der Waals surface area contributed by atoms with E-state index in [0.717, 1.165) is 42.7 Å². The molecule has 2 heteroatoms. The molecule has 1 saturated carbocycles. The highest BCUT2D eigenvalue weighted by Crippen LogP contribution is 2.30. The number of ether oxygens (including phenoxy) is 1. The summed E-state index contributed by atoms with van der Waals surface area (Å²) in [6.07, 6.45) is 9.31. The minimum atomic E-state index is -0.129. The van der Waals surface area contributed by atoms with E-state index in [1.54, 1.807) is 6.08 Å². The third kappa shape index (κ3) is 9.21. The monoisotopic (exact) mass is 386 g/mol. The number of hydrogen-bond acceptors (Lipinski definition) is 2. The Kier molecular flexibility index (Phi) is 16.0. The number of aryl methyl sites for hydroxylation is 1. The van der Waals surface area contributed by atoms with Gasteiger partial charge < -0.3 is 4.74 Å². The molecule has 0 atom stereocenters. The van der Waals surface area contributed by atoms with Gasteiger partial charge in [-0.25, -0.2) is 0 Å². The predicted molar refractivity (Wildman–Crippen MR) is 126 cm³/mol. The molecule has 1 aromatic carbocycles. The van der Waals surface area contributed by atoms with Gasteiger partial charge in [0.05, 0.1) is 5.92 Å². The summed E-state index contributed by atoms with van der Waals surface area (Å²) in [4.78, 5) is 12.3. The van der Waals surface area contributed by atoms with Crippen molar-refractivity contribution in [1.82, 2.24) is 0 Å². The van der Waals surface area contributed by atoms with Gasteiger partial charge in [-0.2, -0.15) is 0 Å². The van der Waals surface area contributed by atoms with Crippen molar-refractivity contribution in [2.45, 2.75) is 74.7 Å². The van der Waals surface area contributed by atoms with E-state index in [9.17, 15) is 4.79 Å². The van der Waals surface area contributed by atoms with E-state index in [-0.39, 0.29) is 19.3 Å². The van der Waals surface area contributed by atoms with Gasteiger partial charge in [-0.05, 0) is 61.8 Å². The second-order valence-electron chi connectivity index (χ2n) is 6.47. The standard InChI is InChI=1S/C21H26O2.2C2H6.CH4/c1-5-17-13-16(4)9-12-19(17)14-20(6-2)23-21(22)18-10-7-15(3)8-11-18;2*1-2;/h5-6,9,12-15,18H,1-2,7-8,10-11H2,3-4H3;2*1-2H3;1H4/b20-14+;;;. The third-order valence-corrected chi connectivity index (χ3v) is 4.53. The van der Waals surface area contributed by atoms with Crippen molar-refractivity contribution in [2.75, 3.05) is 0 Å². The first-order chi connectivity index (χ1) is 13.0. The molecule has 0 unspecified atom stereocenters. The molecule has 0 radical (unpaired) electrons. The van der Waals surface area contributed by atoms with Gasteiger partial charge in [-0.15, -0.1) is 0 Å². The van der Waals surface area contributed by atoms with Crippen LogP contribution in [0, 0.1) is 18.8 Å². The molecule has 28 heavy (non-hydrogen) atoms. The lowest BCUT2D eigenvalue weighted by Crippen LogP contribution is -2.22. The van der Waals surface area contributed by atoms with Crippen molar-refractivity contribution in [3.8, 4) is 0 Å². The van der Waals surface area contributed by atoms with Gasteiger partial charge >= 0.3 is 5.97 Å². The maximum Gasteiger partial charge on any atom is 0.314 e. The molecule has 1 aromatic rings. The molecule has 2 nitrogen and oxygen atoms in total. The first-order valence-electron chi connectivity index (χ1n) is 10.3. The topological polar surface area (TPSA) is 26.3 Å². The number of benzene rings is 1. The van der Waals surface area contributed by atoms with Crippen molar-refractivity contribution in [2.24, 2.45) is 11.8 Å². The molecule has 0 amide bonds. The zero-order chi connectivity index (χ0) is 20.8. The average Bonchev–Trinajstić information content (AvgIpc) is 2.72. The van der Waals surface area contributed by atoms with E-state index in [2.05, 4.69) is 26.1 Å². The summed E-state index contributed by atoms with van der Waals surface area (Å²) in [7, 11) is 0. The lowest BCUT2D eigenvalue weighted by atomic mass is 9.83. The first kappa shape index (κ1) is 28.1. The molecular formula is C26H42O2. The fraction of sp³-hybridized carbons (Fsp3) is 0.500. The summed E-state index contributed by atoms with van der Waals surface area (Å²) in [6.45, 7) is 19.9. The second-order valence-corrected chi connectivity index (χ2v) is 6.47. The number of rotatable bonds is 5. The van der Waals surface area contributed by atoms with Gasteiger partial charge in [0.1, 0.15) is 5.76 Å². The SMILES string of the molecule is C.C=C/C(=C\c1ccc(C)cc1C=C)OC(=O)C1CCC(C)CC1.CC.CC. The van der Waals surface area contributed by atoms with E-state index in [0.29, 0.717) is 5.76 Å². The smallest absolute Gasteiger partial charge is 0.314 e. The fourth-order valence-corrected chi connectivity index (χ4v) is 2.98. The van der Waals surface area contributed by atoms with Crippen LogP contribution in [0.5, 0.6) is 0 Å². The number of carbonyl (C=O) groups is 1. The van der Waals surface area contributed by atoms with Crippen LogP contribution in [0.4, 0.5) is 0 Å². The molecule has 2 rings (SSSR count). The van der Waals surface area contributed by atoms with Gasteiger partial charge in [0.15, 0.2) is 0 Å². The Labute approximate surface area is 174 Å². The zero-order valence-electron chi connectivity index (χ0n) is 18.2. The molecule has 0 bridgehead atoms. The van der Waals surface area contributed by atoms with Crippen LogP contribution in [0.25, 0.3) is 12.2 Å². The molecule has 1 aliphatic rings. The highest BCUT2D eigenvalue weighted by Gasteiger charge is 2.26. The minimum absolute atomic E-state index is 0. The summed E-state index contributed by atoms with van der Waals surface area (Å²) < 4.78 is 5.58. The van der Waals surface area contributed by atoms with E-state index >= 15 is 0 Å². The van der Waals surface area contributed by atoms with Crippen LogP contribution in [-0.2, 0) is 9.53 Å². The molecule has 158 valence electrons. The Hall–Kier alpha value is -2.09. The summed E-state index contributed by atoms with van der Waals surface area (Å²) >= 11 is 0. The normalized spacial score (nSPS) is 18.1. The lowest BCUT2D eigenvalue weighted by Gasteiger charge is -2.24. The van der Waals surface area contributed by atoms with E-state index in [1.165, 1.54) is 5.56 Å². The lowest BCUT2D eigenvalue weighted by molar-refractivity contribution is -0.145. The van der Waals surface area contributed by atoms with Gasteiger partial charge in [-0.1, -0.05) is 85.0 Å². The minimum Gasteiger partial charge on any atom is -0.426 e. The second kappa shape index (κ2) is 15.9. The first-order valence-corrected chi connectivity index (χ1v) is 10.3. The predicted octanol–water partition coefficient (Wildman–Crippen LogP) is 8.22. The Balaban J connectivity index is 0. The number of hydrogen-bond donors (Lipinski definition) is 0. The quantitative estimate of drug-likeness (QED) is 0.289. The maximum atomic E-state index is 12.3. The van der Waals surface area contributed by atoms with Crippen molar-refractivity contribution < 1.29 is 9.53 Å². The molecule has 0 aliphatic heterocycles. The molecule has 0 saturated heterocycles. The van der Waals surface area contributed by atoms with Crippen molar-refractivity contribution in [1.29, 1.82) is 0 Å². The Morgan fingerprint density at radius 2 is 1.61 bits per heavy atom. The summed E-state index contributed by atoms with van der Waals surface area (Å²) in [5.41, 5.74) is 3.17. The van der Waals surface area contributed by atoms with Crippen LogP contribution < -0.4 is 0 Å². The summed E-state index contributed by atoms with van der Waals surface area (Å²) in [5, 5.41) is 0. The molecule has 0 heterocycles. The molecule has 0 aromatic heterocycles. The Bertz CT molecular complexity index is 617. The van der Waals surface area contributed by atoms with Crippen LogP contribution in [0.1, 0.15) is 84.4 Å². The van der Waals surface area contributed by atoms with E-state index < -0.39 is 0 Å². The third-order valence-electron chi connectivity index (χ3n) is 4.53. The highest BCUT2D eigenvalue weighted by molar-refractivity contribution is 5.76. The Morgan fingerprint density at radius 1 is 1.04 bits per heavy atom. The number of esters is 1. The van der Waals surface area contributed by atoms with Crippen molar-refractivity contribution in [3.05, 3.63) is 59.9 Å². The van der Waals surface area contributed by atoms with Gasteiger partial charge in [0.2, 0.25) is 0 Å².